The number of hydrogen-bond donors (Lipinski definition) is 1. The Hall–Kier alpha value is -0.0800. The third-order valence-corrected chi connectivity index (χ3v) is 4.04. The monoisotopic (exact) mass is 255 g/mol. The van der Waals surface area contributed by atoms with Gasteiger partial charge in [0.1, 0.15) is 0 Å². The summed E-state index contributed by atoms with van der Waals surface area (Å²) in [7, 11) is 2.04. The summed E-state index contributed by atoms with van der Waals surface area (Å²) in [6.07, 6.45) is 14.2. The Morgan fingerprint density at radius 1 is 0.944 bits per heavy atom. The lowest BCUT2D eigenvalue weighted by Crippen LogP contribution is -2.37. The summed E-state index contributed by atoms with van der Waals surface area (Å²) in [4.78, 5) is 0. The van der Waals surface area contributed by atoms with Crippen molar-refractivity contribution in [3.63, 3.8) is 0 Å². The molecule has 0 spiro atoms. The molecular formula is C16H33NO. The van der Waals surface area contributed by atoms with E-state index in [0.29, 0.717) is 6.10 Å². The van der Waals surface area contributed by atoms with Gasteiger partial charge in [0.2, 0.25) is 0 Å². The highest BCUT2D eigenvalue weighted by atomic mass is 16.5. The summed E-state index contributed by atoms with van der Waals surface area (Å²) in [6, 6.07) is 0. The van der Waals surface area contributed by atoms with Crippen molar-refractivity contribution >= 4 is 0 Å². The summed E-state index contributed by atoms with van der Waals surface area (Å²) >= 11 is 0. The second kappa shape index (κ2) is 10.8. The van der Waals surface area contributed by atoms with Gasteiger partial charge in [-0.3, -0.25) is 0 Å². The molecule has 0 aliphatic heterocycles. The first-order valence-electron chi connectivity index (χ1n) is 8.13. The van der Waals surface area contributed by atoms with Gasteiger partial charge in [-0.25, -0.2) is 0 Å². The maximum absolute atomic E-state index is 5.87. The zero-order valence-electron chi connectivity index (χ0n) is 12.5. The third kappa shape index (κ3) is 7.38. The van der Waals surface area contributed by atoms with E-state index in [2.05, 4.69) is 12.2 Å². The summed E-state index contributed by atoms with van der Waals surface area (Å²) in [5, 5.41) is 3.24. The second-order valence-electron chi connectivity index (χ2n) is 5.86. The Balaban J connectivity index is 1.72. The van der Waals surface area contributed by atoms with E-state index in [0.717, 1.165) is 19.1 Å². The second-order valence-corrected chi connectivity index (χ2v) is 5.86. The molecule has 1 aliphatic rings. The van der Waals surface area contributed by atoms with Crippen LogP contribution in [0.1, 0.15) is 71.1 Å². The Labute approximate surface area is 114 Å². The topological polar surface area (TPSA) is 21.3 Å². The van der Waals surface area contributed by atoms with E-state index in [1.807, 2.05) is 7.05 Å². The number of hydrogen-bond acceptors (Lipinski definition) is 2. The molecule has 108 valence electrons. The quantitative estimate of drug-likeness (QED) is 0.529. The molecule has 18 heavy (non-hydrogen) atoms. The van der Waals surface area contributed by atoms with Crippen molar-refractivity contribution in [2.24, 2.45) is 5.92 Å². The van der Waals surface area contributed by atoms with E-state index < -0.39 is 0 Å². The van der Waals surface area contributed by atoms with E-state index in [-0.39, 0.29) is 0 Å². The molecule has 0 aromatic rings. The maximum atomic E-state index is 5.87. The molecule has 0 radical (unpaired) electrons. The minimum atomic E-state index is 0.577. The molecule has 0 saturated heterocycles. The minimum Gasteiger partial charge on any atom is -0.378 e. The lowest BCUT2D eigenvalue weighted by molar-refractivity contribution is -0.0307. The van der Waals surface area contributed by atoms with Gasteiger partial charge in [0.25, 0.3) is 0 Å². The molecule has 0 atom stereocenters. The molecule has 0 unspecified atom stereocenters. The number of nitrogens with one attached hydrogen (secondary N) is 1. The lowest BCUT2D eigenvalue weighted by Gasteiger charge is -2.35. The van der Waals surface area contributed by atoms with Crippen molar-refractivity contribution in [3.8, 4) is 0 Å². The molecule has 1 aliphatic carbocycles. The van der Waals surface area contributed by atoms with Crippen molar-refractivity contribution in [2.45, 2.75) is 77.2 Å². The van der Waals surface area contributed by atoms with Gasteiger partial charge in [0.05, 0.1) is 6.10 Å². The molecule has 1 saturated carbocycles. The Bertz CT molecular complexity index is 178. The van der Waals surface area contributed by atoms with Crippen LogP contribution in [0, 0.1) is 5.92 Å². The first kappa shape index (κ1) is 16.0. The van der Waals surface area contributed by atoms with Crippen molar-refractivity contribution < 1.29 is 4.74 Å². The van der Waals surface area contributed by atoms with Crippen LogP contribution in [0.5, 0.6) is 0 Å². The molecule has 2 heteroatoms. The summed E-state index contributed by atoms with van der Waals surface area (Å²) < 4.78 is 5.87. The molecule has 2 nitrogen and oxygen atoms in total. The normalized spacial score (nSPS) is 23.0. The maximum Gasteiger partial charge on any atom is 0.0581 e. The third-order valence-electron chi connectivity index (χ3n) is 4.04. The van der Waals surface area contributed by atoms with Gasteiger partial charge in [-0.1, -0.05) is 51.9 Å². The van der Waals surface area contributed by atoms with Crippen LogP contribution in [0.4, 0.5) is 0 Å². The fraction of sp³-hybridized carbons (Fsp3) is 1.00. The Morgan fingerprint density at radius 3 is 2.17 bits per heavy atom. The molecule has 0 amide bonds. The fourth-order valence-electron chi connectivity index (χ4n) is 2.75. The van der Waals surface area contributed by atoms with Gasteiger partial charge in [-0.05, 0) is 38.8 Å². The van der Waals surface area contributed by atoms with Crippen molar-refractivity contribution in [1.82, 2.24) is 5.32 Å². The summed E-state index contributed by atoms with van der Waals surface area (Å²) in [6.45, 7) is 4.43. The van der Waals surface area contributed by atoms with Crippen LogP contribution in [0.3, 0.4) is 0 Å². The van der Waals surface area contributed by atoms with Crippen LogP contribution >= 0.6 is 0 Å². The molecule has 0 aromatic carbocycles. The van der Waals surface area contributed by atoms with E-state index >= 15 is 0 Å². The molecule has 0 aromatic heterocycles. The predicted octanol–water partition coefficient (Wildman–Crippen LogP) is 4.14. The highest BCUT2D eigenvalue weighted by Crippen LogP contribution is 2.29. The SMILES string of the molecule is CCCCCCCCCCOC1CC(CNC)C1. The van der Waals surface area contributed by atoms with E-state index in [1.54, 1.807) is 0 Å². The molecule has 1 fully saturated rings. The van der Waals surface area contributed by atoms with Crippen LogP contribution in [0.15, 0.2) is 0 Å². The van der Waals surface area contributed by atoms with Crippen LogP contribution in [-0.4, -0.2) is 26.3 Å². The highest BCUT2D eigenvalue weighted by Gasteiger charge is 2.28. The zero-order chi connectivity index (χ0) is 13.1. The largest absolute Gasteiger partial charge is 0.378 e. The smallest absolute Gasteiger partial charge is 0.0581 e. The predicted molar refractivity (Wildman–Crippen MR) is 79.0 cm³/mol. The van der Waals surface area contributed by atoms with Gasteiger partial charge >= 0.3 is 0 Å². The zero-order valence-corrected chi connectivity index (χ0v) is 12.5. The van der Waals surface area contributed by atoms with Gasteiger partial charge in [-0.15, -0.1) is 0 Å². The van der Waals surface area contributed by atoms with E-state index in [9.17, 15) is 0 Å². The molecule has 0 bridgehead atoms. The van der Waals surface area contributed by atoms with E-state index in [1.165, 1.54) is 64.2 Å². The van der Waals surface area contributed by atoms with Gasteiger partial charge in [0, 0.05) is 6.61 Å². The van der Waals surface area contributed by atoms with Crippen molar-refractivity contribution in [1.29, 1.82) is 0 Å². The number of unbranched alkanes of at least 4 members (excludes halogenated alkanes) is 7. The number of rotatable bonds is 12. The first-order chi connectivity index (χ1) is 8.86. The van der Waals surface area contributed by atoms with Gasteiger partial charge in [-0.2, -0.15) is 0 Å². The van der Waals surface area contributed by atoms with E-state index in [4.69, 9.17) is 4.74 Å². The average Bonchev–Trinajstić information content (AvgIpc) is 2.33. The Morgan fingerprint density at radius 2 is 1.56 bits per heavy atom. The Kier molecular flexibility index (Phi) is 9.59. The molecule has 1 N–H and O–H groups in total. The van der Waals surface area contributed by atoms with Crippen molar-refractivity contribution in [2.75, 3.05) is 20.2 Å². The molecule has 1 rings (SSSR count). The standard InChI is InChI=1S/C16H33NO/c1-3-4-5-6-7-8-9-10-11-18-16-12-15(13-16)14-17-2/h15-17H,3-14H2,1-2H3. The number of ether oxygens (including phenoxy) is 1. The van der Waals surface area contributed by atoms with Crippen LogP contribution < -0.4 is 5.32 Å². The fourth-order valence-corrected chi connectivity index (χ4v) is 2.75. The molecular weight excluding hydrogens is 222 g/mol. The van der Waals surface area contributed by atoms with Crippen LogP contribution in [0.25, 0.3) is 0 Å². The van der Waals surface area contributed by atoms with Crippen molar-refractivity contribution in [3.05, 3.63) is 0 Å². The highest BCUT2D eigenvalue weighted by molar-refractivity contribution is 4.81. The van der Waals surface area contributed by atoms with Gasteiger partial charge in [0.15, 0.2) is 0 Å². The first-order valence-corrected chi connectivity index (χ1v) is 8.13. The van der Waals surface area contributed by atoms with Crippen LogP contribution in [0.2, 0.25) is 0 Å². The van der Waals surface area contributed by atoms with Gasteiger partial charge < -0.3 is 10.1 Å². The average molecular weight is 255 g/mol. The summed E-state index contributed by atoms with van der Waals surface area (Å²) in [5.74, 6) is 0.874. The van der Waals surface area contributed by atoms with Crippen LogP contribution in [-0.2, 0) is 4.74 Å². The lowest BCUT2D eigenvalue weighted by atomic mass is 9.82. The summed E-state index contributed by atoms with van der Waals surface area (Å²) in [5.41, 5.74) is 0. The minimum absolute atomic E-state index is 0.577. The molecule has 0 heterocycles.